The number of benzene rings is 1. The monoisotopic (exact) mass is 627 g/mol. The van der Waals surface area contributed by atoms with E-state index >= 15 is 0 Å². The molecule has 1 aromatic rings. The lowest BCUT2D eigenvalue weighted by atomic mass is 9.82. The van der Waals surface area contributed by atoms with E-state index in [1.807, 2.05) is 13.0 Å². The van der Waals surface area contributed by atoms with Crippen LogP contribution in [0.25, 0.3) is 6.08 Å². The van der Waals surface area contributed by atoms with E-state index in [1.165, 1.54) is 14.6 Å². The average Bonchev–Trinajstić information content (AvgIpc) is 3.27. The number of anilines is 1. The lowest BCUT2D eigenvalue weighted by Gasteiger charge is -2.35. The first-order valence-corrected chi connectivity index (χ1v) is 17.1. The van der Waals surface area contributed by atoms with Gasteiger partial charge in [0.15, 0.2) is 0 Å². The predicted molar refractivity (Wildman–Crippen MR) is 170 cm³/mol. The second-order valence-electron chi connectivity index (χ2n) is 13.7. The van der Waals surface area contributed by atoms with E-state index in [4.69, 9.17) is 9.73 Å². The van der Waals surface area contributed by atoms with Crippen molar-refractivity contribution < 1.29 is 27.5 Å². The summed E-state index contributed by atoms with van der Waals surface area (Å²) >= 11 is 0. The molecule has 3 fully saturated rings. The maximum atomic E-state index is 13.2. The van der Waals surface area contributed by atoms with Gasteiger partial charge < -0.3 is 15.0 Å². The first-order chi connectivity index (χ1) is 20.7. The molecule has 0 atom stereocenters. The molecule has 240 valence electrons. The van der Waals surface area contributed by atoms with E-state index in [9.17, 15) is 22.8 Å². The number of amidine groups is 1. The number of hydrogen-bond acceptors (Lipinski definition) is 7. The normalized spacial score (nSPS) is 25.0. The zero-order chi connectivity index (χ0) is 31.9. The number of piperidine rings is 1. The van der Waals surface area contributed by atoms with E-state index < -0.39 is 27.3 Å². The van der Waals surface area contributed by atoms with Crippen molar-refractivity contribution in [3.05, 3.63) is 34.7 Å². The van der Waals surface area contributed by atoms with Gasteiger partial charge in [-0.3, -0.25) is 19.5 Å². The van der Waals surface area contributed by atoms with Gasteiger partial charge in [-0.05, 0) is 88.6 Å². The number of carbonyl (C=O) groups excluding carboxylic acids is 3. The van der Waals surface area contributed by atoms with Gasteiger partial charge in [0.25, 0.3) is 5.91 Å². The van der Waals surface area contributed by atoms with Gasteiger partial charge in [0.1, 0.15) is 23.5 Å². The Kier molecular flexibility index (Phi) is 8.97. The highest BCUT2D eigenvalue weighted by atomic mass is 32.2. The molecular weight excluding hydrogens is 582 g/mol. The van der Waals surface area contributed by atoms with Crippen molar-refractivity contribution in [3.8, 4) is 0 Å². The summed E-state index contributed by atoms with van der Waals surface area (Å²) in [4.78, 5) is 46.1. The van der Waals surface area contributed by atoms with Crippen LogP contribution >= 0.6 is 0 Å². The Morgan fingerprint density at radius 3 is 2.36 bits per heavy atom. The van der Waals surface area contributed by atoms with Crippen molar-refractivity contribution in [1.82, 2.24) is 14.5 Å². The molecule has 0 bridgehead atoms. The van der Waals surface area contributed by atoms with Crippen LogP contribution in [-0.2, 0) is 24.3 Å². The highest BCUT2D eigenvalue weighted by Gasteiger charge is 2.48. The number of aryl methyl sites for hydroxylation is 1. The summed E-state index contributed by atoms with van der Waals surface area (Å²) in [6.45, 7) is 10.6. The Morgan fingerprint density at radius 1 is 1.07 bits per heavy atom. The molecule has 11 nitrogen and oxygen atoms in total. The average molecular weight is 628 g/mol. The van der Waals surface area contributed by atoms with Crippen LogP contribution in [0.1, 0.15) is 77.3 Å². The number of carbonyl (C=O) groups is 3. The van der Waals surface area contributed by atoms with Gasteiger partial charge >= 0.3 is 6.09 Å². The molecule has 0 unspecified atom stereocenters. The van der Waals surface area contributed by atoms with Gasteiger partial charge in [0.2, 0.25) is 15.9 Å². The van der Waals surface area contributed by atoms with Gasteiger partial charge in [0, 0.05) is 43.2 Å². The number of nitrogens with zero attached hydrogens (tertiary/aromatic N) is 4. The number of hydrogen-bond donors (Lipinski definition) is 1. The van der Waals surface area contributed by atoms with Crippen molar-refractivity contribution in [2.24, 2.45) is 16.8 Å². The molecule has 0 radical (unpaired) electrons. The lowest BCUT2D eigenvalue weighted by molar-refractivity contribution is -0.125. The molecule has 1 aromatic carbocycles. The quantitative estimate of drug-likeness (QED) is 0.524. The van der Waals surface area contributed by atoms with Crippen molar-refractivity contribution in [2.75, 3.05) is 37.6 Å². The molecule has 4 aliphatic rings. The largest absolute Gasteiger partial charge is 0.444 e. The number of ether oxygens (including phenoxy) is 1. The molecule has 3 heterocycles. The first kappa shape index (κ1) is 32.2. The van der Waals surface area contributed by atoms with Gasteiger partial charge in [-0.15, -0.1) is 0 Å². The van der Waals surface area contributed by atoms with Crippen LogP contribution in [0.15, 0.2) is 28.6 Å². The van der Waals surface area contributed by atoms with Crippen LogP contribution < -0.4 is 10.2 Å². The van der Waals surface area contributed by atoms with Crippen LogP contribution in [-0.4, -0.2) is 85.2 Å². The molecule has 1 aliphatic carbocycles. The van der Waals surface area contributed by atoms with Crippen LogP contribution in [0, 0.1) is 18.8 Å². The van der Waals surface area contributed by atoms with Crippen molar-refractivity contribution >= 4 is 45.5 Å². The summed E-state index contributed by atoms with van der Waals surface area (Å²) in [5, 5.41) is 4.25. The van der Waals surface area contributed by atoms with E-state index in [0.29, 0.717) is 37.5 Å². The number of rotatable bonds is 5. The Balaban J connectivity index is 1.18. The zero-order valence-electron chi connectivity index (χ0n) is 26.5. The maximum absolute atomic E-state index is 13.2. The third-order valence-electron chi connectivity index (χ3n) is 9.17. The van der Waals surface area contributed by atoms with Gasteiger partial charge in [-0.1, -0.05) is 25.8 Å². The minimum absolute atomic E-state index is 0.0703. The minimum Gasteiger partial charge on any atom is -0.444 e. The fourth-order valence-corrected chi connectivity index (χ4v) is 7.59. The number of amides is 3. The van der Waals surface area contributed by atoms with Crippen molar-refractivity contribution in [3.63, 3.8) is 0 Å². The maximum Gasteiger partial charge on any atom is 0.410 e. The molecule has 1 saturated carbocycles. The summed E-state index contributed by atoms with van der Waals surface area (Å²) in [6.07, 6.45) is 6.13. The Hall–Kier alpha value is -3.25. The third kappa shape index (κ3) is 7.01. The zero-order valence-corrected chi connectivity index (χ0v) is 27.3. The van der Waals surface area contributed by atoms with E-state index in [2.05, 4.69) is 12.2 Å². The highest BCUT2D eigenvalue weighted by Crippen LogP contribution is 2.36. The Bertz CT molecular complexity index is 1460. The minimum atomic E-state index is -3.71. The van der Waals surface area contributed by atoms with Gasteiger partial charge in [0.05, 0.1) is 0 Å². The second-order valence-corrected chi connectivity index (χ2v) is 15.5. The molecule has 12 heteroatoms. The summed E-state index contributed by atoms with van der Waals surface area (Å²) in [6, 6.07) is 5.42. The molecule has 3 aliphatic heterocycles. The molecular formula is C32H45N5O6S. The summed E-state index contributed by atoms with van der Waals surface area (Å²) in [7, 11) is -3.71. The molecule has 3 amide bonds. The highest BCUT2D eigenvalue weighted by molar-refractivity contribution is 7.92. The second kappa shape index (κ2) is 12.3. The first-order valence-electron chi connectivity index (χ1n) is 15.6. The standard InChI is InChI=1S/C32H45N5O6S/c1-22-6-8-25(9-7-22)28-33-29(39)32(34-28)13-15-36(16-14-32)44(41,42)19-12-24-10-11-26(20-23(24)2)37-18-17-35(21-27(37)38)30(40)43-31(3,4)5/h10-12,19-20,22,25H,6-9,13-18,21H2,1-5H3,(H,33,34,39). The molecule has 1 spiro atoms. The fraction of sp³-hybridized carbons (Fsp3) is 0.625. The van der Waals surface area contributed by atoms with Crippen molar-refractivity contribution in [2.45, 2.75) is 84.3 Å². The topological polar surface area (TPSA) is 129 Å². The molecule has 2 saturated heterocycles. The Morgan fingerprint density at radius 2 is 1.75 bits per heavy atom. The summed E-state index contributed by atoms with van der Waals surface area (Å²) < 4.78 is 33.3. The molecule has 5 rings (SSSR count). The van der Waals surface area contributed by atoms with E-state index in [1.54, 1.807) is 43.9 Å². The number of nitrogens with one attached hydrogen (secondary N) is 1. The number of piperazine rings is 1. The number of aliphatic imine (C=N–C) groups is 1. The lowest BCUT2D eigenvalue weighted by Crippen LogP contribution is -2.53. The summed E-state index contributed by atoms with van der Waals surface area (Å²) in [5.41, 5.74) is 0.721. The molecule has 0 aromatic heterocycles. The van der Waals surface area contributed by atoms with E-state index in [-0.39, 0.29) is 37.4 Å². The van der Waals surface area contributed by atoms with Gasteiger partial charge in [-0.2, -0.15) is 4.31 Å². The van der Waals surface area contributed by atoms with Crippen LogP contribution in [0.5, 0.6) is 0 Å². The van der Waals surface area contributed by atoms with E-state index in [0.717, 1.165) is 42.6 Å². The third-order valence-corrected chi connectivity index (χ3v) is 10.7. The van der Waals surface area contributed by atoms with Crippen molar-refractivity contribution in [1.29, 1.82) is 0 Å². The van der Waals surface area contributed by atoms with Gasteiger partial charge in [-0.25, -0.2) is 13.2 Å². The number of sulfonamides is 1. The van der Waals surface area contributed by atoms with Crippen LogP contribution in [0.2, 0.25) is 0 Å². The van der Waals surface area contributed by atoms with Crippen LogP contribution in [0.4, 0.5) is 10.5 Å². The summed E-state index contributed by atoms with van der Waals surface area (Å²) in [5.74, 6) is 1.48. The SMILES string of the molecule is Cc1cc(N2CCN(C(=O)OC(C)(C)C)CC2=O)ccc1C=CS(=O)(=O)N1CCC2(CC1)N=C(C1CCC(C)CC1)NC2=O. The molecule has 1 N–H and O–H groups in total. The smallest absolute Gasteiger partial charge is 0.410 e. The Labute approximate surface area is 260 Å². The predicted octanol–water partition coefficient (Wildman–Crippen LogP) is 4.07. The van der Waals surface area contributed by atoms with Crippen LogP contribution in [0.3, 0.4) is 0 Å². The fourth-order valence-electron chi connectivity index (χ4n) is 6.41. The molecule has 44 heavy (non-hydrogen) atoms.